The molecule has 116 valence electrons. The summed E-state index contributed by atoms with van der Waals surface area (Å²) < 4.78 is 5.31. The van der Waals surface area contributed by atoms with Crippen molar-refractivity contribution in [3.05, 3.63) is 23.7 Å². The van der Waals surface area contributed by atoms with Gasteiger partial charge >= 0.3 is 0 Å². The van der Waals surface area contributed by atoms with E-state index in [9.17, 15) is 5.11 Å². The molecule has 0 aliphatic heterocycles. The number of aliphatic hydroxyl groups is 1. The third-order valence-corrected chi connectivity index (χ3v) is 4.67. The molecule has 2 N–H and O–H groups in total. The van der Waals surface area contributed by atoms with Crippen LogP contribution in [0, 0.1) is 22.7 Å². The Morgan fingerprint density at radius 1 is 1.38 bits per heavy atom. The Hall–Kier alpha value is -1.31. The number of nitriles is 1. The molecule has 1 aromatic rings. The number of nitrogens with one attached hydrogen (secondary N) is 1. The maximum Gasteiger partial charge on any atom is 0.203 e. The smallest absolute Gasteiger partial charge is 0.203 e. The number of hydrogen-bond donors (Lipinski definition) is 2. The van der Waals surface area contributed by atoms with E-state index < -0.39 is 5.60 Å². The molecule has 0 radical (unpaired) electrons. The van der Waals surface area contributed by atoms with E-state index in [1.807, 2.05) is 6.07 Å². The van der Waals surface area contributed by atoms with Crippen LogP contribution in [0.25, 0.3) is 0 Å². The van der Waals surface area contributed by atoms with Crippen molar-refractivity contribution in [3.8, 4) is 6.07 Å². The van der Waals surface area contributed by atoms with Crippen LogP contribution in [-0.4, -0.2) is 17.3 Å². The van der Waals surface area contributed by atoms with Gasteiger partial charge in [-0.25, -0.2) is 0 Å². The molecule has 4 nitrogen and oxygen atoms in total. The highest BCUT2D eigenvalue weighted by Gasteiger charge is 2.36. The minimum absolute atomic E-state index is 0.330. The molecule has 0 bridgehead atoms. The fraction of sp³-hybridized carbons (Fsp3) is 0.706. The molecule has 1 fully saturated rings. The van der Waals surface area contributed by atoms with E-state index in [0.29, 0.717) is 30.2 Å². The van der Waals surface area contributed by atoms with E-state index in [-0.39, 0.29) is 0 Å². The maximum atomic E-state index is 10.6. The molecular formula is C17H26N2O2. The second kappa shape index (κ2) is 6.21. The zero-order chi connectivity index (χ0) is 15.5. The Morgan fingerprint density at radius 2 is 2.05 bits per heavy atom. The van der Waals surface area contributed by atoms with Crippen molar-refractivity contribution >= 4 is 0 Å². The average Bonchev–Trinajstić information content (AvgIpc) is 2.86. The molecule has 0 saturated heterocycles. The van der Waals surface area contributed by atoms with Gasteiger partial charge in [0.2, 0.25) is 5.76 Å². The Kier molecular flexibility index (Phi) is 4.75. The van der Waals surface area contributed by atoms with Gasteiger partial charge in [-0.3, -0.25) is 0 Å². The molecular weight excluding hydrogens is 264 g/mol. The molecule has 4 heteroatoms. The first-order valence-corrected chi connectivity index (χ1v) is 7.74. The highest BCUT2D eigenvalue weighted by atomic mass is 16.3. The Morgan fingerprint density at radius 3 is 2.57 bits per heavy atom. The van der Waals surface area contributed by atoms with Gasteiger partial charge in [0.1, 0.15) is 11.8 Å². The summed E-state index contributed by atoms with van der Waals surface area (Å²) >= 11 is 0. The summed E-state index contributed by atoms with van der Waals surface area (Å²) in [6, 6.07) is 5.43. The van der Waals surface area contributed by atoms with Crippen molar-refractivity contribution in [3.63, 3.8) is 0 Å². The summed E-state index contributed by atoms with van der Waals surface area (Å²) in [6.45, 7) is 7.97. The first-order chi connectivity index (χ1) is 9.82. The predicted octanol–water partition coefficient (Wildman–Crippen LogP) is 3.21. The van der Waals surface area contributed by atoms with Gasteiger partial charge in [-0.2, -0.15) is 5.26 Å². The third kappa shape index (κ3) is 4.33. The van der Waals surface area contributed by atoms with Crippen LogP contribution in [0.1, 0.15) is 58.0 Å². The summed E-state index contributed by atoms with van der Waals surface area (Å²) in [6.07, 6.45) is 3.87. The summed E-state index contributed by atoms with van der Waals surface area (Å²) in [4.78, 5) is 0. The lowest BCUT2D eigenvalue weighted by molar-refractivity contribution is -0.0241. The molecule has 0 aromatic carbocycles. The summed E-state index contributed by atoms with van der Waals surface area (Å²) in [5, 5.41) is 22.6. The molecule has 1 aromatic heterocycles. The highest BCUT2D eigenvalue weighted by Crippen LogP contribution is 2.41. The first kappa shape index (κ1) is 16.1. The van der Waals surface area contributed by atoms with Gasteiger partial charge in [0, 0.05) is 6.54 Å². The number of rotatable bonds is 4. The first-order valence-electron chi connectivity index (χ1n) is 7.74. The lowest BCUT2D eigenvalue weighted by Crippen LogP contribution is -2.44. The van der Waals surface area contributed by atoms with Gasteiger partial charge in [0.15, 0.2) is 0 Å². The van der Waals surface area contributed by atoms with E-state index in [0.717, 1.165) is 31.4 Å². The van der Waals surface area contributed by atoms with Crippen molar-refractivity contribution in [2.24, 2.45) is 11.3 Å². The van der Waals surface area contributed by atoms with Crippen molar-refractivity contribution in [1.29, 1.82) is 5.26 Å². The van der Waals surface area contributed by atoms with E-state index >= 15 is 0 Å². The summed E-state index contributed by atoms with van der Waals surface area (Å²) in [5.41, 5.74) is -0.275. The van der Waals surface area contributed by atoms with Crippen molar-refractivity contribution < 1.29 is 9.52 Å². The minimum atomic E-state index is -0.605. The molecule has 1 aliphatic rings. The van der Waals surface area contributed by atoms with Crippen LogP contribution in [0.3, 0.4) is 0 Å². The van der Waals surface area contributed by atoms with E-state index in [4.69, 9.17) is 9.68 Å². The third-order valence-electron chi connectivity index (χ3n) is 4.67. The molecule has 1 heterocycles. The number of hydrogen-bond acceptors (Lipinski definition) is 4. The quantitative estimate of drug-likeness (QED) is 0.893. The Bertz CT molecular complexity index is 500. The highest BCUT2D eigenvalue weighted by molar-refractivity contribution is 5.18. The predicted molar refractivity (Wildman–Crippen MR) is 81.5 cm³/mol. The van der Waals surface area contributed by atoms with Crippen LogP contribution in [0.15, 0.2) is 16.5 Å². The molecule has 0 spiro atoms. The molecule has 0 unspecified atom stereocenters. The van der Waals surface area contributed by atoms with Crippen molar-refractivity contribution in [2.75, 3.05) is 6.54 Å². The van der Waals surface area contributed by atoms with Crippen molar-refractivity contribution in [1.82, 2.24) is 5.32 Å². The van der Waals surface area contributed by atoms with E-state index in [1.165, 1.54) is 0 Å². The fourth-order valence-corrected chi connectivity index (χ4v) is 3.15. The molecule has 21 heavy (non-hydrogen) atoms. The SMILES string of the molecule is CC(C)(C)C1CCC(O)(CNCc2ccc(C#N)o2)CC1. The van der Waals surface area contributed by atoms with Crippen LogP contribution >= 0.6 is 0 Å². The molecule has 0 amide bonds. The largest absolute Gasteiger partial charge is 0.449 e. The van der Waals surface area contributed by atoms with Gasteiger partial charge < -0.3 is 14.8 Å². The lowest BCUT2D eigenvalue weighted by atomic mass is 9.68. The van der Waals surface area contributed by atoms with Crippen LogP contribution < -0.4 is 5.32 Å². The zero-order valence-electron chi connectivity index (χ0n) is 13.3. The van der Waals surface area contributed by atoms with Gasteiger partial charge in [-0.1, -0.05) is 20.8 Å². The Labute approximate surface area is 127 Å². The second-order valence-electron chi connectivity index (χ2n) is 7.35. The van der Waals surface area contributed by atoms with Crippen LogP contribution in [0.5, 0.6) is 0 Å². The van der Waals surface area contributed by atoms with Gasteiger partial charge in [0.25, 0.3) is 0 Å². The van der Waals surface area contributed by atoms with Crippen LogP contribution in [-0.2, 0) is 6.54 Å². The summed E-state index contributed by atoms with van der Waals surface area (Å²) in [7, 11) is 0. The normalized spacial score (nSPS) is 26.5. The van der Waals surface area contributed by atoms with Gasteiger partial charge in [-0.05, 0) is 49.1 Å². The molecule has 0 atom stereocenters. The fourth-order valence-electron chi connectivity index (χ4n) is 3.15. The van der Waals surface area contributed by atoms with Crippen molar-refractivity contribution in [2.45, 2.75) is 58.6 Å². The summed E-state index contributed by atoms with van der Waals surface area (Å²) in [5.74, 6) is 1.76. The zero-order valence-corrected chi connectivity index (χ0v) is 13.3. The van der Waals surface area contributed by atoms with Crippen LogP contribution in [0.4, 0.5) is 0 Å². The number of furan rings is 1. The van der Waals surface area contributed by atoms with E-state index in [1.54, 1.807) is 12.1 Å². The lowest BCUT2D eigenvalue weighted by Gasteiger charge is -2.41. The Balaban J connectivity index is 1.77. The topological polar surface area (TPSA) is 69.2 Å². The molecule has 2 rings (SSSR count). The van der Waals surface area contributed by atoms with Crippen LogP contribution in [0.2, 0.25) is 0 Å². The standard InChI is InChI=1S/C17H26N2O2/c1-16(2,3)13-6-8-17(20,9-7-13)12-19-11-15-5-4-14(10-18)21-15/h4-5,13,19-20H,6-9,11-12H2,1-3H3. The molecule has 1 aliphatic carbocycles. The monoisotopic (exact) mass is 290 g/mol. The van der Waals surface area contributed by atoms with Gasteiger partial charge in [0.05, 0.1) is 12.1 Å². The molecule has 1 saturated carbocycles. The van der Waals surface area contributed by atoms with Gasteiger partial charge in [-0.15, -0.1) is 0 Å². The maximum absolute atomic E-state index is 10.6. The second-order valence-corrected chi connectivity index (χ2v) is 7.35. The number of nitrogens with zero attached hydrogens (tertiary/aromatic N) is 1. The van der Waals surface area contributed by atoms with E-state index in [2.05, 4.69) is 26.1 Å². The minimum Gasteiger partial charge on any atom is -0.449 e. The average molecular weight is 290 g/mol.